The fraction of sp³-hybridized carbons (Fsp3) is 0.170. The highest BCUT2D eigenvalue weighted by Crippen LogP contribution is 2.52. The molecule has 11 nitrogen and oxygen atoms in total. The van der Waals surface area contributed by atoms with Gasteiger partial charge < -0.3 is 23.7 Å². The lowest BCUT2D eigenvalue weighted by molar-refractivity contribution is -0.142. The number of aryl methyl sites for hydroxylation is 4. The van der Waals surface area contributed by atoms with Crippen molar-refractivity contribution in [1.29, 1.82) is 0 Å². The Morgan fingerprint density at radius 1 is 0.248 bits per heavy atom. The molecule has 0 heterocycles. The predicted molar refractivity (Wildman–Crippen MR) is 414 cm³/mol. The largest absolute Gasteiger partial charge is 0.466 e. The van der Waals surface area contributed by atoms with Crippen molar-refractivity contribution >= 4 is 80.0 Å². The molecule has 12 rings (SSSR count). The van der Waals surface area contributed by atoms with Crippen LogP contribution in [0, 0.1) is 23.7 Å². The van der Waals surface area contributed by atoms with E-state index < -0.39 is 0 Å². The van der Waals surface area contributed by atoms with Crippen LogP contribution in [0.1, 0.15) is 142 Å². The van der Waals surface area contributed by atoms with Crippen LogP contribution in [-0.2, 0) is 73.4 Å². The molecule has 0 N–H and O–H groups in total. The number of benzene rings is 10. The summed E-state index contributed by atoms with van der Waals surface area (Å²) < 4.78 is 27.7. The molecular formula is C94H78O11. The van der Waals surface area contributed by atoms with E-state index >= 15 is 9.59 Å². The molecule has 11 heteroatoms. The Labute approximate surface area is 613 Å². The van der Waals surface area contributed by atoms with Gasteiger partial charge in [-0.15, -0.1) is 0 Å². The van der Waals surface area contributed by atoms with E-state index in [2.05, 4.69) is 23.7 Å². The number of carbonyl (C=O) groups excluding carboxylic acids is 6. The zero-order chi connectivity index (χ0) is 73.0. The fourth-order valence-electron chi connectivity index (χ4n) is 13.1. The molecule has 520 valence electrons. The highest BCUT2D eigenvalue weighted by Gasteiger charge is 2.37. The second-order valence-corrected chi connectivity index (χ2v) is 25.8. The van der Waals surface area contributed by atoms with E-state index in [4.69, 9.17) is 23.7 Å². The summed E-state index contributed by atoms with van der Waals surface area (Å²) in [6.07, 6.45) is 5.29. The maximum Gasteiger partial charge on any atom is 0.302 e. The molecule has 0 amide bonds. The minimum atomic E-state index is -0.322. The first-order chi connectivity index (χ1) is 51.2. The van der Waals surface area contributed by atoms with Crippen molar-refractivity contribution < 1.29 is 52.5 Å². The number of ketones is 2. The summed E-state index contributed by atoms with van der Waals surface area (Å²) in [4.78, 5) is 77.8. The standard InChI is InChI=1S/C94H78O11/c1-63(95)101-59-11-19-69-27-43-79(44-28-69)89-85(75-39-35-73(36-40-75)25-23-67-15-7-5-8-16-67)87(91(93(89)99)81-47-31-71(32-48-81)21-13-61-103-65(3)97)77-51-55-83(56-52-77)105-84-57-53-78(54-58-84)88-86(76-41-37-74(38-42-76)26-24-68-17-9-6-10-18-68)90(80-45-29-70(30-46-80)20-12-60-102-64(2)96)94(100)92(88)82-49-33-72(34-50-82)22-14-62-104-66(4)98/h5-10,15-18,27-58H,11-14,19-22,59-62H2,1-4H3. The van der Waals surface area contributed by atoms with E-state index in [9.17, 15) is 19.2 Å². The topological polar surface area (TPSA) is 149 Å². The Kier molecular flexibility index (Phi) is 23.9. The molecule has 10 aromatic rings. The zero-order valence-corrected chi connectivity index (χ0v) is 59.2. The van der Waals surface area contributed by atoms with Crippen LogP contribution in [-0.4, -0.2) is 61.9 Å². The van der Waals surface area contributed by atoms with Crippen LogP contribution < -0.4 is 4.74 Å². The summed E-state index contributed by atoms with van der Waals surface area (Å²) in [6, 6.07) is 83.5. The number of rotatable bonds is 26. The number of esters is 4. The minimum absolute atomic E-state index is 0.136. The van der Waals surface area contributed by atoms with E-state index in [0.717, 1.165) is 111 Å². The van der Waals surface area contributed by atoms with Crippen LogP contribution >= 0.6 is 0 Å². The number of carbonyl (C=O) groups is 6. The van der Waals surface area contributed by atoms with E-state index in [-0.39, 0.29) is 35.4 Å². The first kappa shape index (κ1) is 72.1. The molecule has 0 aromatic heterocycles. The lowest BCUT2D eigenvalue weighted by atomic mass is 9.88. The van der Waals surface area contributed by atoms with Gasteiger partial charge in [-0.1, -0.05) is 206 Å². The van der Waals surface area contributed by atoms with Gasteiger partial charge in [-0.2, -0.15) is 0 Å². The molecule has 2 aliphatic carbocycles. The van der Waals surface area contributed by atoms with E-state index in [1.54, 1.807) is 0 Å². The lowest BCUT2D eigenvalue weighted by Gasteiger charge is -2.16. The molecule has 105 heavy (non-hydrogen) atoms. The van der Waals surface area contributed by atoms with Crippen molar-refractivity contribution in [3.8, 4) is 35.2 Å². The van der Waals surface area contributed by atoms with Crippen LogP contribution in [0.2, 0.25) is 0 Å². The van der Waals surface area contributed by atoms with Gasteiger partial charge in [-0.05, 0) is 191 Å². The first-order valence-corrected chi connectivity index (χ1v) is 35.4. The van der Waals surface area contributed by atoms with Crippen LogP contribution in [0.3, 0.4) is 0 Å². The predicted octanol–water partition coefficient (Wildman–Crippen LogP) is 18.5. The van der Waals surface area contributed by atoms with Gasteiger partial charge in [0.1, 0.15) is 11.5 Å². The van der Waals surface area contributed by atoms with Gasteiger partial charge >= 0.3 is 23.9 Å². The molecule has 0 unspecified atom stereocenters. The Morgan fingerprint density at radius 2 is 0.448 bits per heavy atom. The van der Waals surface area contributed by atoms with Crippen molar-refractivity contribution in [3.05, 3.63) is 344 Å². The van der Waals surface area contributed by atoms with Gasteiger partial charge in [-0.25, -0.2) is 0 Å². The van der Waals surface area contributed by atoms with Gasteiger partial charge in [0.25, 0.3) is 0 Å². The summed E-state index contributed by atoms with van der Waals surface area (Å²) in [5, 5.41) is 0. The summed E-state index contributed by atoms with van der Waals surface area (Å²) in [5.41, 5.74) is 18.9. The third-order valence-corrected chi connectivity index (χ3v) is 18.2. The molecule has 2 aliphatic rings. The molecule has 0 aliphatic heterocycles. The van der Waals surface area contributed by atoms with Gasteiger partial charge in [0, 0.05) is 94.5 Å². The van der Waals surface area contributed by atoms with Crippen molar-refractivity contribution in [2.24, 2.45) is 0 Å². The van der Waals surface area contributed by atoms with Gasteiger partial charge in [0.15, 0.2) is 11.6 Å². The zero-order valence-electron chi connectivity index (χ0n) is 59.2. The van der Waals surface area contributed by atoms with E-state index in [1.165, 1.54) is 27.7 Å². The van der Waals surface area contributed by atoms with Crippen molar-refractivity contribution in [2.75, 3.05) is 26.4 Å². The number of hydrogen-bond donors (Lipinski definition) is 0. The van der Waals surface area contributed by atoms with Crippen molar-refractivity contribution in [3.63, 3.8) is 0 Å². The quantitative estimate of drug-likeness (QED) is 0.0221. The highest BCUT2D eigenvalue weighted by atomic mass is 16.5. The lowest BCUT2D eigenvalue weighted by Crippen LogP contribution is -2.03. The second kappa shape index (κ2) is 34.8. The number of ether oxygens (including phenoxy) is 5. The average Bonchev–Trinajstić information content (AvgIpc) is 1.60. The van der Waals surface area contributed by atoms with Crippen LogP contribution in [0.4, 0.5) is 0 Å². The van der Waals surface area contributed by atoms with Crippen LogP contribution in [0.5, 0.6) is 11.5 Å². The van der Waals surface area contributed by atoms with Crippen molar-refractivity contribution in [2.45, 2.75) is 79.1 Å². The molecule has 0 saturated heterocycles. The highest BCUT2D eigenvalue weighted by molar-refractivity contribution is 6.60. The number of Topliss-reactive ketones (excluding diaryl/α,β-unsaturated/α-hetero) is 2. The molecule has 0 bridgehead atoms. The molecule has 0 fully saturated rings. The Balaban J connectivity index is 0.922. The number of hydrogen-bond acceptors (Lipinski definition) is 11. The summed E-state index contributed by atoms with van der Waals surface area (Å²) in [5.74, 6) is 12.7. The first-order valence-electron chi connectivity index (χ1n) is 35.4. The SMILES string of the molecule is CC(=O)OCCCc1ccc(C2=C(c3ccc(C#Cc4ccccc4)cc3)C(c3ccc(Oc4ccc(C5=C(c6ccc(CCCOC(C)=O)cc6)C(=O)C(c6ccc(CCCOC(C)=O)cc6)=C5c5ccc(C#Cc6ccccc6)cc5)cc4)cc3)=C(c3ccc(CCCOC(C)=O)cc3)C2=O)cc1. The molecule has 10 aromatic carbocycles. The second-order valence-electron chi connectivity index (χ2n) is 25.8. The molecule has 0 spiro atoms. The van der Waals surface area contributed by atoms with Gasteiger partial charge in [0.2, 0.25) is 0 Å². The minimum Gasteiger partial charge on any atom is -0.466 e. The van der Waals surface area contributed by atoms with E-state index in [1.807, 2.05) is 255 Å². The van der Waals surface area contributed by atoms with Gasteiger partial charge in [0.05, 0.1) is 26.4 Å². The van der Waals surface area contributed by atoms with Gasteiger partial charge in [-0.3, -0.25) is 28.8 Å². The third kappa shape index (κ3) is 18.7. The maximum atomic E-state index is 15.8. The monoisotopic (exact) mass is 1380 g/mol. The molecule has 0 atom stereocenters. The van der Waals surface area contributed by atoms with Crippen LogP contribution in [0.25, 0.3) is 44.6 Å². The summed E-state index contributed by atoms with van der Waals surface area (Å²) in [7, 11) is 0. The molecule has 0 radical (unpaired) electrons. The summed E-state index contributed by atoms with van der Waals surface area (Å²) in [6.45, 7) is 6.84. The third-order valence-electron chi connectivity index (χ3n) is 18.2. The maximum absolute atomic E-state index is 15.8. The Bertz CT molecular complexity index is 4770. The smallest absolute Gasteiger partial charge is 0.302 e. The molecule has 0 saturated carbocycles. The fourth-order valence-corrected chi connectivity index (χ4v) is 13.1. The Hall–Kier alpha value is -12.7. The Morgan fingerprint density at radius 3 is 0.676 bits per heavy atom. The average molecular weight is 1380 g/mol. The van der Waals surface area contributed by atoms with Crippen molar-refractivity contribution in [1.82, 2.24) is 0 Å². The normalized spacial score (nSPS) is 12.5. The van der Waals surface area contributed by atoms with Crippen LogP contribution in [0.15, 0.2) is 255 Å². The number of allylic oxidation sites excluding steroid dienone is 8. The van der Waals surface area contributed by atoms with E-state index in [0.29, 0.717) is 112 Å². The summed E-state index contributed by atoms with van der Waals surface area (Å²) >= 11 is 0. The molecular weight excluding hydrogens is 1310 g/mol.